The molecule has 0 spiro atoms. The van der Waals surface area contributed by atoms with E-state index in [0.29, 0.717) is 6.10 Å². The molecule has 76 valence electrons. The molecule has 1 aliphatic heterocycles. The van der Waals surface area contributed by atoms with Gasteiger partial charge in [0.1, 0.15) is 0 Å². The minimum absolute atomic E-state index is 0.209. The van der Waals surface area contributed by atoms with E-state index in [1.165, 1.54) is 5.56 Å². The minimum Gasteiger partial charge on any atom is -0.369 e. The number of benzene rings is 1. The van der Waals surface area contributed by atoms with E-state index < -0.39 is 0 Å². The van der Waals surface area contributed by atoms with Crippen LogP contribution in [0.2, 0.25) is 0 Å². The molecule has 2 nitrogen and oxygen atoms in total. The van der Waals surface area contributed by atoms with Gasteiger partial charge in [0.15, 0.2) is 0 Å². The quantitative estimate of drug-likeness (QED) is 0.790. The number of rotatable bonds is 3. The lowest BCUT2D eigenvalue weighted by molar-refractivity contribution is 0.00829. The van der Waals surface area contributed by atoms with Gasteiger partial charge < -0.3 is 10.1 Å². The molecule has 0 amide bonds. The Morgan fingerprint density at radius 3 is 2.79 bits per heavy atom. The molecule has 1 saturated heterocycles. The Labute approximate surface area is 85.3 Å². The summed E-state index contributed by atoms with van der Waals surface area (Å²) in [5, 5.41) is 3.30. The first kappa shape index (κ1) is 9.69. The van der Waals surface area contributed by atoms with Crippen LogP contribution in [0.1, 0.15) is 25.0 Å². The summed E-state index contributed by atoms with van der Waals surface area (Å²) < 4.78 is 5.93. The van der Waals surface area contributed by atoms with Gasteiger partial charge in [0.25, 0.3) is 0 Å². The molecular formula is C12H17NO. The van der Waals surface area contributed by atoms with Crippen molar-refractivity contribution >= 4 is 0 Å². The van der Waals surface area contributed by atoms with Gasteiger partial charge in [0, 0.05) is 6.54 Å². The third-order valence-electron chi connectivity index (χ3n) is 2.68. The Morgan fingerprint density at radius 2 is 2.14 bits per heavy atom. The van der Waals surface area contributed by atoms with E-state index in [1.807, 2.05) is 6.07 Å². The van der Waals surface area contributed by atoms with Crippen molar-refractivity contribution in [2.45, 2.75) is 25.6 Å². The summed E-state index contributed by atoms with van der Waals surface area (Å²) >= 11 is 0. The van der Waals surface area contributed by atoms with E-state index >= 15 is 0 Å². The summed E-state index contributed by atoms with van der Waals surface area (Å²) in [6, 6.07) is 10.4. The molecule has 0 aromatic heterocycles. The Kier molecular flexibility index (Phi) is 3.17. The van der Waals surface area contributed by atoms with Crippen LogP contribution < -0.4 is 5.32 Å². The third kappa shape index (κ3) is 2.34. The highest BCUT2D eigenvalue weighted by atomic mass is 16.5. The van der Waals surface area contributed by atoms with Gasteiger partial charge in [-0.3, -0.25) is 0 Å². The molecule has 0 saturated carbocycles. The molecule has 0 unspecified atom stereocenters. The highest BCUT2D eigenvalue weighted by Gasteiger charge is 2.18. The maximum atomic E-state index is 5.93. The summed E-state index contributed by atoms with van der Waals surface area (Å²) in [4.78, 5) is 0. The minimum atomic E-state index is 0.209. The predicted molar refractivity (Wildman–Crippen MR) is 57.2 cm³/mol. The molecular weight excluding hydrogens is 174 g/mol. The van der Waals surface area contributed by atoms with Crippen LogP contribution in [0.4, 0.5) is 0 Å². The molecule has 2 heteroatoms. The number of ether oxygens (including phenoxy) is 1. The molecule has 1 N–H and O–H groups in total. The molecule has 2 rings (SSSR count). The van der Waals surface area contributed by atoms with E-state index in [0.717, 1.165) is 19.5 Å². The summed E-state index contributed by atoms with van der Waals surface area (Å²) in [7, 11) is 0. The SMILES string of the molecule is C[C@H](O[C@@H]1CCNC1)c1ccccc1. The van der Waals surface area contributed by atoms with Gasteiger partial charge in [0.05, 0.1) is 12.2 Å². The van der Waals surface area contributed by atoms with Gasteiger partial charge >= 0.3 is 0 Å². The van der Waals surface area contributed by atoms with Gasteiger partial charge in [-0.2, -0.15) is 0 Å². The van der Waals surface area contributed by atoms with Crippen molar-refractivity contribution in [3.05, 3.63) is 35.9 Å². The maximum Gasteiger partial charge on any atom is 0.0801 e. The normalized spacial score (nSPS) is 23.6. The van der Waals surface area contributed by atoms with Crippen molar-refractivity contribution in [1.82, 2.24) is 5.32 Å². The number of nitrogens with one attached hydrogen (secondary N) is 1. The summed E-state index contributed by atoms with van der Waals surface area (Å²) in [6.07, 6.45) is 1.74. The lowest BCUT2D eigenvalue weighted by Gasteiger charge is -2.18. The van der Waals surface area contributed by atoms with Gasteiger partial charge in [0.2, 0.25) is 0 Å². The van der Waals surface area contributed by atoms with E-state index in [4.69, 9.17) is 4.74 Å². The van der Waals surface area contributed by atoms with Crippen molar-refractivity contribution in [2.75, 3.05) is 13.1 Å². The molecule has 1 aromatic rings. The zero-order valence-corrected chi connectivity index (χ0v) is 8.57. The number of hydrogen-bond donors (Lipinski definition) is 1. The Balaban J connectivity index is 1.92. The second-order valence-electron chi connectivity index (χ2n) is 3.80. The molecule has 0 radical (unpaired) electrons. The summed E-state index contributed by atoms with van der Waals surface area (Å²) in [6.45, 7) is 4.21. The highest BCUT2D eigenvalue weighted by Crippen LogP contribution is 2.19. The molecule has 1 heterocycles. The standard InChI is InChI=1S/C12H17NO/c1-10(11-5-3-2-4-6-11)14-12-7-8-13-9-12/h2-6,10,12-13H,7-9H2,1H3/t10-,12+/m0/s1. The molecule has 14 heavy (non-hydrogen) atoms. The van der Waals surface area contributed by atoms with Gasteiger partial charge in [-0.15, -0.1) is 0 Å². The topological polar surface area (TPSA) is 21.3 Å². The van der Waals surface area contributed by atoms with Crippen LogP contribution in [0.5, 0.6) is 0 Å². The zero-order chi connectivity index (χ0) is 9.80. The van der Waals surface area contributed by atoms with Crippen molar-refractivity contribution in [2.24, 2.45) is 0 Å². The fraction of sp³-hybridized carbons (Fsp3) is 0.500. The Hall–Kier alpha value is -0.860. The van der Waals surface area contributed by atoms with Crippen LogP contribution in [-0.2, 0) is 4.74 Å². The average Bonchev–Trinajstić information content (AvgIpc) is 2.72. The second-order valence-corrected chi connectivity index (χ2v) is 3.80. The van der Waals surface area contributed by atoms with Gasteiger partial charge in [-0.1, -0.05) is 30.3 Å². The van der Waals surface area contributed by atoms with Crippen molar-refractivity contribution in [1.29, 1.82) is 0 Å². The lowest BCUT2D eigenvalue weighted by Crippen LogP contribution is -2.18. The smallest absolute Gasteiger partial charge is 0.0801 e. The van der Waals surface area contributed by atoms with Crippen molar-refractivity contribution in [3.8, 4) is 0 Å². The maximum absolute atomic E-state index is 5.93. The largest absolute Gasteiger partial charge is 0.369 e. The fourth-order valence-corrected chi connectivity index (χ4v) is 1.84. The van der Waals surface area contributed by atoms with Crippen LogP contribution in [0.15, 0.2) is 30.3 Å². The monoisotopic (exact) mass is 191 g/mol. The average molecular weight is 191 g/mol. The molecule has 1 fully saturated rings. The summed E-state index contributed by atoms with van der Waals surface area (Å²) in [5.74, 6) is 0. The van der Waals surface area contributed by atoms with E-state index in [-0.39, 0.29) is 6.10 Å². The van der Waals surface area contributed by atoms with Crippen molar-refractivity contribution in [3.63, 3.8) is 0 Å². The van der Waals surface area contributed by atoms with E-state index in [2.05, 4.69) is 36.5 Å². The van der Waals surface area contributed by atoms with Crippen LogP contribution in [-0.4, -0.2) is 19.2 Å². The van der Waals surface area contributed by atoms with Crippen LogP contribution in [0.3, 0.4) is 0 Å². The van der Waals surface area contributed by atoms with E-state index in [1.54, 1.807) is 0 Å². The molecule has 0 bridgehead atoms. The molecule has 1 aromatic carbocycles. The van der Waals surface area contributed by atoms with Crippen molar-refractivity contribution < 1.29 is 4.74 Å². The lowest BCUT2D eigenvalue weighted by atomic mass is 10.1. The summed E-state index contributed by atoms with van der Waals surface area (Å²) in [5.41, 5.74) is 1.26. The van der Waals surface area contributed by atoms with Gasteiger partial charge in [-0.25, -0.2) is 0 Å². The molecule has 2 atom stereocenters. The predicted octanol–water partition coefficient (Wildman–Crippen LogP) is 2.13. The Morgan fingerprint density at radius 1 is 1.36 bits per heavy atom. The number of hydrogen-bond acceptors (Lipinski definition) is 2. The van der Waals surface area contributed by atoms with Crippen LogP contribution in [0.25, 0.3) is 0 Å². The van der Waals surface area contributed by atoms with E-state index in [9.17, 15) is 0 Å². The fourth-order valence-electron chi connectivity index (χ4n) is 1.84. The zero-order valence-electron chi connectivity index (χ0n) is 8.57. The Bertz CT molecular complexity index is 267. The second kappa shape index (κ2) is 4.58. The van der Waals surface area contributed by atoms with Crippen LogP contribution in [0, 0.1) is 0 Å². The first-order valence-electron chi connectivity index (χ1n) is 5.27. The highest BCUT2D eigenvalue weighted by molar-refractivity contribution is 5.16. The first-order chi connectivity index (χ1) is 6.86. The van der Waals surface area contributed by atoms with Crippen LogP contribution >= 0.6 is 0 Å². The van der Waals surface area contributed by atoms with Gasteiger partial charge in [-0.05, 0) is 25.5 Å². The molecule has 0 aliphatic carbocycles. The molecule has 1 aliphatic rings. The third-order valence-corrected chi connectivity index (χ3v) is 2.68. The first-order valence-corrected chi connectivity index (χ1v) is 5.27.